The second-order valence-corrected chi connectivity index (χ2v) is 4.75. The van der Waals surface area contributed by atoms with Gasteiger partial charge in [0, 0.05) is 19.3 Å². The molecule has 0 saturated carbocycles. The molecule has 1 aromatic rings. The summed E-state index contributed by atoms with van der Waals surface area (Å²) in [7, 11) is 0. The first-order chi connectivity index (χ1) is 7.63. The third-order valence-electron chi connectivity index (χ3n) is 2.25. The number of aromatic nitrogens is 1. The number of halogens is 1. The number of nitrogens with zero attached hydrogens (tertiary/aromatic N) is 2. The molecule has 0 fully saturated rings. The molecule has 0 unspecified atom stereocenters. The smallest absolute Gasteiger partial charge is 0.128 e. The van der Waals surface area contributed by atoms with Crippen LogP contribution in [0.2, 0.25) is 5.02 Å². The van der Waals surface area contributed by atoms with Gasteiger partial charge in [0.15, 0.2) is 0 Å². The van der Waals surface area contributed by atoms with E-state index in [-0.39, 0.29) is 0 Å². The molecular weight excluding hydrogens is 222 g/mol. The average molecular weight is 242 g/mol. The van der Waals surface area contributed by atoms with Crippen molar-refractivity contribution in [3.05, 3.63) is 23.4 Å². The van der Waals surface area contributed by atoms with E-state index < -0.39 is 0 Å². The van der Waals surface area contributed by atoms with Gasteiger partial charge in [0.2, 0.25) is 0 Å². The van der Waals surface area contributed by atoms with Gasteiger partial charge >= 0.3 is 0 Å². The fraction of sp³-hybridized carbons (Fsp3) is 0.583. The zero-order chi connectivity index (χ0) is 12.0. The van der Waals surface area contributed by atoms with Gasteiger partial charge < -0.3 is 10.6 Å². The molecule has 0 aliphatic rings. The van der Waals surface area contributed by atoms with Crippen molar-refractivity contribution >= 4 is 17.4 Å². The summed E-state index contributed by atoms with van der Waals surface area (Å²) in [5, 5.41) is 0.673. The van der Waals surface area contributed by atoms with Crippen LogP contribution in [0, 0.1) is 5.92 Å². The molecule has 16 heavy (non-hydrogen) atoms. The van der Waals surface area contributed by atoms with Gasteiger partial charge in [0.05, 0.1) is 5.02 Å². The highest BCUT2D eigenvalue weighted by Crippen LogP contribution is 2.15. The number of hydrogen-bond donors (Lipinski definition) is 1. The van der Waals surface area contributed by atoms with Crippen molar-refractivity contribution < 1.29 is 0 Å². The zero-order valence-electron chi connectivity index (χ0n) is 9.99. The first-order valence-corrected chi connectivity index (χ1v) is 6.08. The number of rotatable bonds is 6. The normalized spacial score (nSPS) is 10.8. The summed E-state index contributed by atoms with van der Waals surface area (Å²) in [6, 6.07) is 3.83. The maximum atomic E-state index is 5.83. The lowest BCUT2D eigenvalue weighted by Crippen LogP contribution is -2.30. The van der Waals surface area contributed by atoms with Crippen LogP contribution in [0.1, 0.15) is 20.3 Å². The summed E-state index contributed by atoms with van der Waals surface area (Å²) in [6.07, 6.45) is 2.67. The predicted molar refractivity (Wildman–Crippen MR) is 70.0 cm³/mol. The lowest BCUT2D eigenvalue weighted by molar-refractivity contribution is 0.596. The summed E-state index contributed by atoms with van der Waals surface area (Å²) in [4.78, 5) is 6.60. The van der Waals surface area contributed by atoms with Gasteiger partial charge in [-0.3, -0.25) is 0 Å². The Labute approximate surface area is 103 Å². The summed E-state index contributed by atoms with van der Waals surface area (Å²) in [5.41, 5.74) is 5.54. The summed E-state index contributed by atoms with van der Waals surface area (Å²) < 4.78 is 0. The second kappa shape index (κ2) is 6.71. The zero-order valence-corrected chi connectivity index (χ0v) is 10.7. The monoisotopic (exact) mass is 241 g/mol. The molecule has 1 aromatic heterocycles. The Morgan fingerprint density at radius 2 is 2.19 bits per heavy atom. The standard InChI is InChI=1S/C12H20ClN3/c1-10(2)9-16(7-3-6-14)12-5-4-11(13)8-15-12/h4-5,8,10H,3,6-7,9,14H2,1-2H3. The molecule has 1 rings (SSSR count). The minimum absolute atomic E-state index is 0.607. The van der Waals surface area contributed by atoms with E-state index in [0.29, 0.717) is 17.5 Å². The fourth-order valence-corrected chi connectivity index (χ4v) is 1.69. The van der Waals surface area contributed by atoms with Crippen LogP contribution in [0.3, 0.4) is 0 Å². The Morgan fingerprint density at radius 3 is 2.69 bits per heavy atom. The summed E-state index contributed by atoms with van der Waals surface area (Å²) in [6.45, 7) is 7.05. The van der Waals surface area contributed by atoms with Crippen molar-refractivity contribution in [3.63, 3.8) is 0 Å². The Hall–Kier alpha value is -0.800. The molecule has 0 amide bonds. The molecule has 0 aliphatic carbocycles. The molecule has 0 aromatic carbocycles. The average Bonchev–Trinajstić information content (AvgIpc) is 2.25. The molecule has 90 valence electrons. The van der Waals surface area contributed by atoms with Crippen molar-refractivity contribution in [2.75, 3.05) is 24.5 Å². The van der Waals surface area contributed by atoms with E-state index in [1.807, 2.05) is 12.1 Å². The number of anilines is 1. The third kappa shape index (κ3) is 4.37. The molecule has 0 atom stereocenters. The van der Waals surface area contributed by atoms with Crippen LogP contribution >= 0.6 is 11.6 Å². The van der Waals surface area contributed by atoms with Crippen LogP contribution in [0.25, 0.3) is 0 Å². The van der Waals surface area contributed by atoms with Gasteiger partial charge in [0.1, 0.15) is 5.82 Å². The molecule has 0 radical (unpaired) electrons. The molecule has 0 spiro atoms. The van der Waals surface area contributed by atoms with Gasteiger partial charge in [-0.15, -0.1) is 0 Å². The van der Waals surface area contributed by atoms with E-state index in [1.54, 1.807) is 6.20 Å². The fourth-order valence-electron chi connectivity index (χ4n) is 1.58. The highest BCUT2D eigenvalue weighted by atomic mass is 35.5. The number of pyridine rings is 1. The van der Waals surface area contributed by atoms with Crippen LogP contribution in [-0.2, 0) is 0 Å². The molecule has 0 saturated heterocycles. The maximum Gasteiger partial charge on any atom is 0.128 e. The van der Waals surface area contributed by atoms with Crippen molar-refractivity contribution in [3.8, 4) is 0 Å². The molecular formula is C12H20ClN3. The third-order valence-corrected chi connectivity index (χ3v) is 2.48. The van der Waals surface area contributed by atoms with E-state index in [1.165, 1.54) is 0 Å². The Bertz CT molecular complexity index is 298. The van der Waals surface area contributed by atoms with Crippen LogP contribution in [-0.4, -0.2) is 24.6 Å². The van der Waals surface area contributed by atoms with E-state index >= 15 is 0 Å². The van der Waals surface area contributed by atoms with Crippen molar-refractivity contribution in [1.29, 1.82) is 0 Å². The summed E-state index contributed by atoms with van der Waals surface area (Å²) in [5.74, 6) is 1.59. The first-order valence-electron chi connectivity index (χ1n) is 5.70. The van der Waals surface area contributed by atoms with Gasteiger partial charge in [-0.25, -0.2) is 4.98 Å². The Morgan fingerprint density at radius 1 is 1.44 bits per heavy atom. The molecule has 2 N–H and O–H groups in total. The Kier molecular flexibility index (Phi) is 5.56. The second-order valence-electron chi connectivity index (χ2n) is 4.32. The van der Waals surface area contributed by atoms with Crippen molar-refractivity contribution in [1.82, 2.24) is 4.98 Å². The molecule has 4 heteroatoms. The minimum Gasteiger partial charge on any atom is -0.356 e. The highest BCUT2D eigenvalue weighted by Gasteiger charge is 2.08. The van der Waals surface area contributed by atoms with Gasteiger partial charge in [-0.1, -0.05) is 25.4 Å². The van der Waals surface area contributed by atoms with Crippen LogP contribution < -0.4 is 10.6 Å². The number of nitrogens with two attached hydrogens (primary N) is 1. The van der Waals surface area contributed by atoms with Crippen LogP contribution in [0.15, 0.2) is 18.3 Å². The quantitative estimate of drug-likeness (QED) is 0.832. The Balaban J connectivity index is 2.70. The molecule has 3 nitrogen and oxygen atoms in total. The van der Waals surface area contributed by atoms with Gasteiger partial charge in [-0.2, -0.15) is 0 Å². The van der Waals surface area contributed by atoms with Crippen LogP contribution in [0.4, 0.5) is 5.82 Å². The first kappa shape index (κ1) is 13.3. The molecule has 0 aliphatic heterocycles. The summed E-state index contributed by atoms with van der Waals surface area (Å²) >= 11 is 5.83. The van der Waals surface area contributed by atoms with Gasteiger partial charge in [-0.05, 0) is 31.0 Å². The van der Waals surface area contributed by atoms with E-state index in [9.17, 15) is 0 Å². The van der Waals surface area contributed by atoms with Crippen molar-refractivity contribution in [2.45, 2.75) is 20.3 Å². The maximum absolute atomic E-state index is 5.83. The molecule has 0 bridgehead atoms. The predicted octanol–water partition coefficient (Wildman–Crippen LogP) is 2.55. The lowest BCUT2D eigenvalue weighted by atomic mass is 10.2. The SMILES string of the molecule is CC(C)CN(CCCN)c1ccc(Cl)cn1. The highest BCUT2D eigenvalue weighted by molar-refractivity contribution is 6.30. The topological polar surface area (TPSA) is 42.1 Å². The van der Waals surface area contributed by atoms with Crippen LogP contribution in [0.5, 0.6) is 0 Å². The van der Waals surface area contributed by atoms with E-state index in [4.69, 9.17) is 17.3 Å². The van der Waals surface area contributed by atoms with E-state index in [2.05, 4.69) is 23.7 Å². The minimum atomic E-state index is 0.607. The largest absolute Gasteiger partial charge is 0.356 e. The lowest BCUT2D eigenvalue weighted by Gasteiger charge is -2.25. The molecule has 1 heterocycles. The van der Waals surface area contributed by atoms with E-state index in [0.717, 1.165) is 25.3 Å². The van der Waals surface area contributed by atoms with Crippen molar-refractivity contribution in [2.24, 2.45) is 11.7 Å². The number of hydrogen-bond acceptors (Lipinski definition) is 3. The van der Waals surface area contributed by atoms with Gasteiger partial charge in [0.25, 0.3) is 0 Å².